The third kappa shape index (κ3) is 9.75. The number of hydrogen-bond acceptors (Lipinski definition) is 7. The Morgan fingerprint density at radius 3 is 0.942 bits per heavy atom. The van der Waals surface area contributed by atoms with Gasteiger partial charge in [0.05, 0.1) is 0 Å². The molecule has 69 heavy (non-hydrogen) atoms. The Hall–Kier alpha value is -9.46. The van der Waals surface area contributed by atoms with Crippen molar-refractivity contribution in [1.29, 1.82) is 0 Å². The second-order valence-electron chi connectivity index (χ2n) is 16.2. The van der Waals surface area contributed by atoms with Crippen molar-refractivity contribution < 1.29 is 23.8 Å². The number of ether oxygens (including phenoxy) is 3. The van der Waals surface area contributed by atoms with E-state index in [4.69, 9.17) is 14.2 Å². The highest BCUT2D eigenvalue weighted by atomic mass is 16.5. The van der Waals surface area contributed by atoms with Crippen molar-refractivity contribution >= 4 is 67.6 Å². The van der Waals surface area contributed by atoms with E-state index in [9.17, 15) is 9.59 Å². The molecule has 0 saturated heterocycles. The van der Waals surface area contributed by atoms with Gasteiger partial charge in [0.15, 0.2) is 0 Å². The molecule has 0 aliphatic carbocycles. The van der Waals surface area contributed by atoms with Gasteiger partial charge >= 0.3 is 11.9 Å². The minimum absolute atomic E-state index is 0.451. The van der Waals surface area contributed by atoms with Crippen LogP contribution >= 0.6 is 0 Å². The maximum absolute atomic E-state index is 11.7. The summed E-state index contributed by atoms with van der Waals surface area (Å²) >= 11 is 0. The zero-order chi connectivity index (χ0) is 47.1. The van der Waals surface area contributed by atoms with Crippen LogP contribution in [0.4, 0.5) is 34.1 Å². The van der Waals surface area contributed by atoms with E-state index in [0.29, 0.717) is 23.0 Å². The third-order valence-corrected chi connectivity index (χ3v) is 11.8. The summed E-state index contributed by atoms with van der Waals surface area (Å²) in [6, 6.07) is 77.7. The molecule has 332 valence electrons. The van der Waals surface area contributed by atoms with Crippen molar-refractivity contribution in [2.45, 2.75) is 0 Å². The van der Waals surface area contributed by atoms with Crippen LogP contribution in [0.15, 0.2) is 256 Å². The SMILES string of the molecule is C=CC(=O)Oc1ccc(-c2ccc(N(c3ccc(Oc4ccc(N(c5ccc6ccccc6c5)c5ccc6ccccc6c5)cc4)cc3)c3ccc(-c4ccc(OC(=O)C=C)cc4)cc3)cc2)cc1. The van der Waals surface area contributed by atoms with E-state index >= 15 is 0 Å². The van der Waals surface area contributed by atoms with Gasteiger partial charge in [-0.05, 0) is 165 Å². The maximum Gasteiger partial charge on any atom is 0.335 e. The number of hydrogen-bond donors (Lipinski definition) is 0. The smallest absolute Gasteiger partial charge is 0.335 e. The van der Waals surface area contributed by atoms with Crippen LogP contribution in [0.1, 0.15) is 0 Å². The standard InChI is InChI=1S/C62H44N2O5/c1-3-61(65)68-59-33-19-47(20-34-59)45-13-23-51(24-14-45)63(52-25-15-46(16-26-52)48-21-35-60(36-22-48)69-62(66)4-2)53-29-37-57(38-30-53)67-58-39-31-54(32-40-58)64(55-27-17-43-9-5-7-11-49(43)41-55)56-28-18-44-10-6-8-12-50(44)42-56/h3-42H,1-2H2. The Kier molecular flexibility index (Phi) is 12.3. The highest BCUT2D eigenvalue weighted by molar-refractivity contribution is 5.93. The number of benzene rings is 10. The normalized spacial score (nSPS) is 10.8. The maximum atomic E-state index is 11.7. The van der Waals surface area contributed by atoms with Crippen LogP contribution in [0.25, 0.3) is 43.8 Å². The van der Waals surface area contributed by atoms with Gasteiger partial charge < -0.3 is 24.0 Å². The van der Waals surface area contributed by atoms with Crippen molar-refractivity contribution in [3.05, 3.63) is 256 Å². The average Bonchev–Trinajstić information content (AvgIpc) is 3.40. The topological polar surface area (TPSA) is 68.3 Å². The van der Waals surface area contributed by atoms with Gasteiger partial charge in [-0.25, -0.2) is 9.59 Å². The molecule has 7 heteroatoms. The van der Waals surface area contributed by atoms with Crippen LogP contribution in [0, 0.1) is 0 Å². The van der Waals surface area contributed by atoms with Crippen molar-refractivity contribution in [3.8, 4) is 45.3 Å². The molecule has 0 aliphatic heterocycles. The molecule has 0 unspecified atom stereocenters. The van der Waals surface area contributed by atoms with E-state index < -0.39 is 11.9 Å². The summed E-state index contributed by atoms with van der Waals surface area (Å²) in [5, 5.41) is 4.73. The lowest BCUT2D eigenvalue weighted by Gasteiger charge is -2.26. The first-order valence-corrected chi connectivity index (χ1v) is 22.4. The molecule has 0 atom stereocenters. The van der Waals surface area contributed by atoms with E-state index in [-0.39, 0.29) is 0 Å². The third-order valence-electron chi connectivity index (χ3n) is 11.8. The summed E-state index contributed by atoms with van der Waals surface area (Å²) in [5.74, 6) is 1.30. The van der Waals surface area contributed by atoms with Crippen LogP contribution in [0.2, 0.25) is 0 Å². The molecule has 10 aromatic carbocycles. The second-order valence-corrected chi connectivity index (χ2v) is 16.2. The number of anilines is 6. The minimum atomic E-state index is -0.504. The Bertz CT molecular complexity index is 3270. The van der Waals surface area contributed by atoms with Gasteiger partial charge in [0, 0.05) is 46.3 Å². The number of esters is 2. The van der Waals surface area contributed by atoms with Crippen molar-refractivity contribution in [3.63, 3.8) is 0 Å². The number of rotatable bonds is 14. The molecule has 10 aromatic rings. The first-order chi connectivity index (χ1) is 33.9. The van der Waals surface area contributed by atoms with Crippen molar-refractivity contribution in [1.82, 2.24) is 0 Å². The van der Waals surface area contributed by atoms with Crippen molar-refractivity contribution in [2.24, 2.45) is 0 Å². The molecular weight excluding hydrogens is 853 g/mol. The summed E-state index contributed by atoms with van der Waals surface area (Å²) in [7, 11) is 0. The van der Waals surface area contributed by atoms with Gasteiger partial charge in [-0.1, -0.05) is 122 Å². The predicted molar refractivity (Wildman–Crippen MR) is 280 cm³/mol. The molecule has 0 radical (unpaired) electrons. The lowest BCUT2D eigenvalue weighted by molar-refractivity contribution is -0.129. The van der Waals surface area contributed by atoms with Crippen LogP contribution in [0.3, 0.4) is 0 Å². The van der Waals surface area contributed by atoms with E-state index in [1.54, 1.807) is 24.3 Å². The van der Waals surface area contributed by atoms with E-state index in [2.05, 4.69) is 181 Å². The fourth-order valence-electron chi connectivity index (χ4n) is 8.34. The average molecular weight is 897 g/mol. The lowest BCUT2D eigenvalue weighted by Crippen LogP contribution is -2.10. The fourth-order valence-corrected chi connectivity index (χ4v) is 8.34. The number of carbonyl (C=O) groups excluding carboxylic acids is 2. The van der Waals surface area contributed by atoms with Crippen molar-refractivity contribution in [2.75, 3.05) is 9.80 Å². The van der Waals surface area contributed by atoms with Gasteiger partial charge in [-0.2, -0.15) is 0 Å². The molecular formula is C62H44N2O5. The highest BCUT2D eigenvalue weighted by Gasteiger charge is 2.17. The van der Waals surface area contributed by atoms with Gasteiger partial charge in [0.2, 0.25) is 0 Å². The molecule has 0 N–H and O–H groups in total. The van der Waals surface area contributed by atoms with Crippen LogP contribution in [-0.2, 0) is 9.59 Å². The first-order valence-electron chi connectivity index (χ1n) is 22.4. The number of fused-ring (bicyclic) bond motifs is 2. The Morgan fingerprint density at radius 1 is 0.319 bits per heavy atom. The zero-order valence-corrected chi connectivity index (χ0v) is 37.4. The van der Waals surface area contributed by atoms with Gasteiger partial charge in [-0.3, -0.25) is 0 Å². The lowest BCUT2D eigenvalue weighted by atomic mass is 10.0. The number of carbonyl (C=O) groups is 2. The summed E-state index contributed by atoms with van der Waals surface area (Å²) in [4.78, 5) is 27.9. The Balaban J connectivity index is 0.923. The van der Waals surface area contributed by atoms with E-state index in [1.807, 2.05) is 48.5 Å². The van der Waals surface area contributed by atoms with E-state index in [1.165, 1.54) is 21.5 Å². The van der Waals surface area contributed by atoms with Crippen LogP contribution in [-0.4, -0.2) is 11.9 Å². The Labute approximate surface area is 400 Å². The summed E-state index contributed by atoms with van der Waals surface area (Å²) in [5.41, 5.74) is 9.92. The van der Waals surface area contributed by atoms with E-state index in [0.717, 1.165) is 68.5 Å². The quantitative estimate of drug-likeness (QED) is 0.0612. The van der Waals surface area contributed by atoms with Crippen LogP contribution < -0.4 is 24.0 Å². The number of nitrogens with zero attached hydrogens (tertiary/aromatic N) is 2. The van der Waals surface area contributed by atoms with Gasteiger partial charge in [0.1, 0.15) is 23.0 Å². The minimum Gasteiger partial charge on any atom is -0.457 e. The summed E-state index contributed by atoms with van der Waals surface area (Å²) < 4.78 is 17.0. The molecule has 0 heterocycles. The fraction of sp³-hybridized carbons (Fsp3) is 0. The predicted octanol–water partition coefficient (Wildman–Crippen LogP) is 16.2. The molecule has 10 rings (SSSR count). The molecule has 0 aromatic heterocycles. The largest absolute Gasteiger partial charge is 0.457 e. The molecule has 0 amide bonds. The molecule has 0 fully saturated rings. The first kappa shape index (κ1) is 43.4. The van der Waals surface area contributed by atoms with Gasteiger partial charge in [-0.15, -0.1) is 0 Å². The molecule has 0 spiro atoms. The van der Waals surface area contributed by atoms with Crippen LogP contribution in [0.5, 0.6) is 23.0 Å². The monoisotopic (exact) mass is 896 g/mol. The van der Waals surface area contributed by atoms with Gasteiger partial charge in [0.25, 0.3) is 0 Å². The summed E-state index contributed by atoms with van der Waals surface area (Å²) in [6.45, 7) is 6.95. The molecule has 0 aliphatic rings. The molecule has 0 bridgehead atoms. The molecule has 7 nitrogen and oxygen atoms in total. The highest BCUT2D eigenvalue weighted by Crippen LogP contribution is 2.41. The Morgan fingerprint density at radius 2 is 0.594 bits per heavy atom. The second kappa shape index (κ2) is 19.6. The molecule has 0 saturated carbocycles. The summed E-state index contributed by atoms with van der Waals surface area (Å²) in [6.07, 6.45) is 2.28. The zero-order valence-electron chi connectivity index (χ0n) is 37.4.